The predicted octanol–water partition coefficient (Wildman–Crippen LogP) is 7.34. The van der Waals surface area contributed by atoms with E-state index in [9.17, 15) is 19.2 Å². The lowest BCUT2D eigenvalue weighted by Gasteiger charge is -2.28. The van der Waals surface area contributed by atoms with E-state index in [0.29, 0.717) is 50.4 Å². The van der Waals surface area contributed by atoms with Crippen molar-refractivity contribution in [3.8, 4) is 0 Å². The maximum atomic E-state index is 13.3. The van der Waals surface area contributed by atoms with Gasteiger partial charge in [-0.3, -0.25) is 19.2 Å². The van der Waals surface area contributed by atoms with Gasteiger partial charge in [-0.1, -0.05) is 84.0 Å². The van der Waals surface area contributed by atoms with Crippen molar-refractivity contribution in [1.29, 1.82) is 0 Å². The first-order chi connectivity index (χ1) is 24.4. The summed E-state index contributed by atoms with van der Waals surface area (Å²) in [6, 6.07) is 25.2. The Hall–Kier alpha value is -4.66. The molecule has 272 valence electrons. The van der Waals surface area contributed by atoms with Crippen LogP contribution < -0.4 is 15.5 Å². The van der Waals surface area contributed by atoms with Gasteiger partial charge in [0.15, 0.2) is 0 Å². The minimum Gasteiger partial charge on any atom is -0.363 e. The van der Waals surface area contributed by atoms with E-state index in [0.717, 1.165) is 29.7 Å². The maximum Gasteiger partial charge on any atom is 0.247 e. The monoisotopic (exact) mass is 693 g/mol. The fraction of sp³-hybridized carbons (Fsp3) is 0.476. The van der Waals surface area contributed by atoms with Gasteiger partial charge in [-0.15, -0.1) is 0 Å². The maximum absolute atomic E-state index is 13.3. The number of amides is 4. The highest BCUT2D eigenvalue weighted by Gasteiger charge is 2.37. The normalized spacial score (nSPS) is 18.5. The smallest absolute Gasteiger partial charge is 0.247 e. The number of anilines is 3. The summed E-state index contributed by atoms with van der Waals surface area (Å²) < 4.78 is 0. The van der Waals surface area contributed by atoms with Crippen molar-refractivity contribution in [3.05, 3.63) is 90.0 Å². The largest absolute Gasteiger partial charge is 0.363 e. The quantitative estimate of drug-likeness (QED) is 0.195. The summed E-state index contributed by atoms with van der Waals surface area (Å²) in [7, 11) is 0. The summed E-state index contributed by atoms with van der Waals surface area (Å²) in [4.78, 5) is 58.4. The van der Waals surface area contributed by atoms with E-state index in [1.54, 1.807) is 9.80 Å². The standard InChI is InChI=1S/C42H55N5O4/c1-28(2)30(5)41(50)46-24-10-14-37(46)39(48)43-34-20-16-32(17-21-34)26-45(36-12-8-7-9-13-36)27-33-18-22-35(23-19-33)44-40(49)38-15-11-25-47(38)42(51)31(6)29(3)4/h7-9,12-13,16-23,28-31,37-38H,10-11,14-15,24-27H2,1-6H3,(H,43,48)(H,44,49). The molecule has 0 spiro atoms. The van der Waals surface area contributed by atoms with Gasteiger partial charge < -0.3 is 25.3 Å². The van der Waals surface area contributed by atoms with Crippen molar-refractivity contribution >= 4 is 40.7 Å². The van der Waals surface area contributed by atoms with E-state index in [2.05, 4.69) is 27.7 Å². The van der Waals surface area contributed by atoms with E-state index in [1.165, 1.54) is 0 Å². The van der Waals surface area contributed by atoms with Gasteiger partial charge in [0.25, 0.3) is 0 Å². The molecule has 0 aromatic heterocycles. The molecule has 2 N–H and O–H groups in total. The summed E-state index contributed by atoms with van der Waals surface area (Å²) in [5, 5.41) is 6.09. The topological polar surface area (TPSA) is 102 Å². The number of likely N-dealkylation sites (tertiary alicyclic amines) is 2. The first kappa shape index (κ1) is 37.6. The number of nitrogens with zero attached hydrogens (tertiary/aromatic N) is 3. The second kappa shape index (κ2) is 17.0. The second-order valence-corrected chi connectivity index (χ2v) is 15.0. The highest BCUT2D eigenvalue weighted by molar-refractivity contribution is 5.98. The molecule has 9 heteroatoms. The number of rotatable bonds is 13. The van der Waals surface area contributed by atoms with Crippen molar-refractivity contribution in [3.63, 3.8) is 0 Å². The summed E-state index contributed by atoms with van der Waals surface area (Å²) in [5.74, 6) is 0.0547. The molecular weight excluding hydrogens is 638 g/mol. The Morgan fingerprint density at radius 1 is 0.608 bits per heavy atom. The van der Waals surface area contributed by atoms with Crippen molar-refractivity contribution in [2.24, 2.45) is 23.7 Å². The molecule has 9 nitrogen and oxygen atoms in total. The average Bonchev–Trinajstić information content (AvgIpc) is 3.83. The second-order valence-electron chi connectivity index (χ2n) is 15.0. The Kier molecular flexibility index (Phi) is 12.6. The Morgan fingerprint density at radius 2 is 1.00 bits per heavy atom. The molecule has 0 aliphatic carbocycles. The summed E-state index contributed by atoms with van der Waals surface area (Å²) >= 11 is 0. The van der Waals surface area contributed by atoms with Gasteiger partial charge in [0, 0.05) is 55.1 Å². The zero-order valence-electron chi connectivity index (χ0n) is 31.1. The summed E-state index contributed by atoms with van der Waals surface area (Å²) in [5.41, 5.74) is 4.68. The van der Waals surface area contributed by atoms with Crippen LogP contribution in [-0.4, -0.2) is 58.6 Å². The predicted molar refractivity (Wildman–Crippen MR) is 204 cm³/mol. The first-order valence-corrected chi connectivity index (χ1v) is 18.6. The third kappa shape index (κ3) is 9.37. The lowest BCUT2D eigenvalue weighted by molar-refractivity contribution is -0.141. The van der Waals surface area contributed by atoms with Gasteiger partial charge in [0.2, 0.25) is 23.6 Å². The third-order valence-corrected chi connectivity index (χ3v) is 10.8. The van der Waals surface area contributed by atoms with Crippen molar-refractivity contribution in [2.75, 3.05) is 28.6 Å². The number of benzene rings is 3. The molecule has 3 aromatic rings. The van der Waals surface area contributed by atoms with Crippen LogP contribution in [0.5, 0.6) is 0 Å². The lowest BCUT2D eigenvalue weighted by Crippen LogP contribution is -2.46. The van der Waals surface area contributed by atoms with Crippen LogP contribution in [0.4, 0.5) is 17.1 Å². The highest BCUT2D eigenvalue weighted by Crippen LogP contribution is 2.27. The molecule has 0 radical (unpaired) electrons. The lowest BCUT2D eigenvalue weighted by atomic mass is 9.96. The SMILES string of the molecule is CC(C)C(C)C(=O)N1CCCC1C(=O)Nc1ccc(CN(Cc2ccc(NC(=O)C3CCCN3C(=O)C(C)C(C)C)cc2)c2ccccc2)cc1. The fourth-order valence-electron chi connectivity index (χ4n) is 6.86. The Balaban J connectivity index is 1.20. The number of hydrogen-bond acceptors (Lipinski definition) is 5. The Labute approximate surface area is 303 Å². The van der Waals surface area contributed by atoms with Crippen LogP contribution in [-0.2, 0) is 32.3 Å². The number of nitrogens with one attached hydrogen (secondary N) is 2. The van der Waals surface area contributed by atoms with Crippen LogP contribution in [0, 0.1) is 23.7 Å². The molecule has 4 unspecified atom stereocenters. The molecule has 2 heterocycles. The van der Waals surface area contributed by atoms with Crippen LogP contribution >= 0.6 is 0 Å². The van der Waals surface area contributed by atoms with Gasteiger partial charge in [0.05, 0.1) is 0 Å². The van der Waals surface area contributed by atoms with Crippen molar-refractivity contribution < 1.29 is 19.2 Å². The summed E-state index contributed by atoms with van der Waals surface area (Å²) in [6.07, 6.45) is 3.02. The molecule has 4 atom stereocenters. The van der Waals surface area contributed by atoms with Crippen LogP contribution in [0.15, 0.2) is 78.9 Å². The Bertz CT molecular complexity index is 1540. The number of para-hydroxylation sites is 1. The summed E-state index contributed by atoms with van der Waals surface area (Å²) in [6.45, 7) is 14.6. The van der Waals surface area contributed by atoms with Crippen LogP contribution in [0.2, 0.25) is 0 Å². The molecule has 0 saturated carbocycles. The van der Waals surface area contributed by atoms with Crippen LogP contribution in [0.1, 0.15) is 78.4 Å². The molecule has 2 fully saturated rings. The van der Waals surface area contributed by atoms with Crippen molar-refractivity contribution in [1.82, 2.24) is 9.80 Å². The van der Waals surface area contributed by atoms with Gasteiger partial charge in [0.1, 0.15) is 12.1 Å². The number of carbonyl (C=O) groups excluding carboxylic acids is 4. The Morgan fingerprint density at radius 3 is 1.37 bits per heavy atom. The minimum atomic E-state index is -0.438. The first-order valence-electron chi connectivity index (χ1n) is 18.6. The molecule has 4 amide bonds. The molecule has 2 saturated heterocycles. The van der Waals surface area contributed by atoms with Gasteiger partial charge in [-0.25, -0.2) is 0 Å². The van der Waals surface area contributed by atoms with E-state index < -0.39 is 12.1 Å². The van der Waals surface area contributed by atoms with E-state index in [4.69, 9.17) is 0 Å². The molecular formula is C42H55N5O4. The number of carbonyl (C=O) groups is 4. The minimum absolute atomic E-state index is 0.0544. The van der Waals surface area contributed by atoms with Crippen LogP contribution in [0.25, 0.3) is 0 Å². The zero-order chi connectivity index (χ0) is 36.7. The van der Waals surface area contributed by atoms with Crippen molar-refractivity contribution in [2.45, 2.75) is 92.4 Å². The van der Waals surface area contributed by atoms with Crippen LogP contribution in [0.3, 0.4) is 0 Å². The van der Waals surface area contributed by atoms with E-state index in [-0.39, 0.29) is 47.3 Å². The molecule has 51 heavy (non-hydrogen) atoms. The van der Waals surface area contributed by atoms with E-state index >= 15 is 0 Å². The van der Waals surface area contributed by atoms with Gasteiger partial charge in [-0.05, 0) is 85.0 Å². The molecule has 5 rings (SSSR count). The number of hydrogen-bond donors (Lipinski definition) is 2. The zero-order valence-corrected chi connectivity index (χ0v) is 31.1. The van der Waals surface area contributed by atoms with E-state index in [1.807, 2.05) is 108 Å². The fourth-order valence-corrected chi connectivity index (χ4v) is 6.86. The molecule has 2 aliphatic rings. The average molecular weight is 694 g/mol. The highest BCUT2D eigenvalue weighted by atomic mass is 16.2. The molecule has 3 aromatic carbocycles. The van der Waals surface area contributed by atoms with Gasteiger partial charge in [-0.2, -0.15) is 0 Å². The molecule has 2 aliphatic heterocycles. The third-order valence-electron chi connectivity index (χ3n) is 10.8. The molecule has 0 bridgehead atoms. The van der Waals surface area contributed by atoms with Gasteiger partial charge >= 0.3 is 0 Å².